The van der Waals surface area contributed by atoms with Crippen molar-refractivity contribution in [2.75, 3.05) is 6.54 Å². The quantitative estimate of drug-likeness (QED) is 0.471. The molecule has 0 radical (unpaired) electrons. The lowest BCUT2D eigenvalue weighted by atomic mass is 10.1. The summed E-state index contributed by atoms with van der Waals surface area (Å²) in [5.41, 5.74) is 3.55. The first-order chi connectivity index (χ1) is 14.6. The van der Waals surface area contributed by atoms with Crippen molar-refractivity contribution in [1.82, 2.24) is 25.3 Å². The second-order valence-electron chi connectivity index (χ2n) is 6.63. The third-order valence-electron chi connectivity index (χ3n) is 4.51. The molecular weight excluding hydrogens is 405 g/mol. The minimum Gasteiger partial charge on any atom is -0.352 e. The number of carbonyl (C=O) groups is 1. The van der Waals surface area contributed by atoms with E-state index in [9.17, 15) is 9.18 Å². The molecule has 6 nitrogen and oxygen atoms in total. The average molecular weight is 422 g/mol. The molecule has 0 saturated carbocycles. The van der Waals surface area contributed by atoms with Crippen LogP contribution in [0.25, 0.3) is 22.3 Å². The van der Waals surface area contributed by atoms with Crippen molar-refractivity contribution in [3.05, 3.63) is 83.3 Å². The fourth-order valence-electron chi connectivity index (χ4n) is 3.00. The van der Waals surface area contributed by atoms with Crippen LogP contribution < -0.4 is 5.32 Å². The summed E-state index contributed by atoms with van der Waals surface area (Å²) in [6.45, 7) is 0.514. The SMILES string of the molecule is O=C(NCCCc1cnccn1)c1ccc2nc(Cl)c(-c3ccc(F)cc3)nc2c1. The number of hydrogen-bond acceptors (Lipinski definition) is 5. The van der Waals surface area contributed by atoms with Crippen LogP contribution in [-0.4, -0.2) is 32.4 Å². The molecule has 2 aromatic heterocycles. The number of aryl methyl sites for hydroxylation is 1. The first-order valence-electron chi connectivity index (χ1n) is 9.36. The van der Waals surface area contributed by atoms with E-state index in [2.05, 4.69) is 25.3 Å². The summed E-state index contributed by atoms with van der Waals surface area (Å²) in [5, 5.41) is 3.11. The molecule has 0 aliphatic rings. The van der Waals surface area contributed by atoms with Gasteiger partial charge < -0.3 is 5.32 Å². The summed E-state index contributed by atoms with van der Waals surface area (Å²) < 4.78 is 13.2. The fraction of sp³-hybridized carbons (Fsp3) is 0.136. The number of benzene rings is 2. The molecule has 0 atom stereocenters. The van der Waals surface area contributed by atoms with E-state index in [4.69, 9.17) is 11.6 Å². The van der Waals surface area contributed by atoms with Crippen molar-refractivity contribution >= 4 is 28.5 Å². The van der Waals surface area contributed by atoms with Crippen molar-refractivity contribution in [3.8, 4) is 11.3 Å². The molecule has 150 valence electrons. The van der Waals surface area contributed by atoms with Gasteiger partial charge in [0, 0.05) is 36.3 Å². The topological polar surface area (TPSA) is 80.7 Å². The van der Waals surface area contributed by atoms with Gasteiger partial charge >= 0.3 is 0 Å². The van der Waals surface area contributed by atoms with Gasteiger partial charge in [-0.1, -0.05) is 11.6 Å². The Balaban J connectivity index is 1.48. The zero-order valence-corrected chi connectivity index (χ0v) is 16.6. The lowest BCUT2D eigenvalue weighted by molar-refractivity contribution is 0.0953. The highest BCUT2D eigenvalue weighted by Crippen LogP contribution is 2.27. The Hall–Kier alpha value is -3.45. The van der Waals surface area contributed by atoms with Crippen LogP contribution in [-0.2, 0) is 6.42 Å². The molecule has 0 aliphatic heterocycles. The number of amides is 1. The zero-order chi connectivity index (χ0) is 20.9. The zero-order valence-electron chi connectivity index (χ0n) is 15.8. The van der Waals surface area contributed by atoms with E-state index in [0.29, 0.717) is 34.4 Å². The smallest absolute Gasteiger partial charge is 0.251 e. The van der Waals surface area contributed by atoms with Crippen LogP contribution in [0.4, 0.5) is 4.39 Å². The van der Waals surface area contributed by atoms with Crippen LogP contribution in [0.15, 0.2) is 61.1 Å². The minimum atomic E-state index is -0.345. The Bertz CT molecular complexity index is 1190. The molecule has 30 heavy (non-hydrogen) atoms. The number of hydrogen-bond donors (Lipinski definition) is 1. The summed E-state index contributed by atoms with van der Waals surface area (Å²) in [6, 6.07) is 10.9. The van der Waals surface area contributed by atoms with Gasteiger partial charge in [0.05, 0.1) is 16.7 Å². The normalized spacial score (nSPS) is 10.9. The molecule has 1 amide bonds. The number of rotatable bonds is 6. The second-order valence-corrected chi connectivity index (χ2v) is 6.99. The monoisotopic (exact) mass is 421 g/mol. The van der Waals surface area contributed by atoms with Crippen molar-refractivity contribution in [1.29, 1.82) is 0 Å². The number of carbonyl (C=O) groups excluding carboxylic acids is 1. The molecule has 4 rings (SSSR count). The molecule has 0 unspecified atom stereocenters. The maximum absolute atomic E-state index is 13.2. The number of fused-ring (bicyclic) bond motifs is 1. The van der Waals surface area contributed by atoms with Gasteiger partial charge in [0.2, 0.25) is 0 Å². The average Bonchev–Trinajstić information content (AvgIpc) is 2.77. The molecule has 2 aromatic carbocycles. The standard InChI is InChI=1S/C22H17ClFN5O/c23-21-20(14-3-6-16(24)7-4-14)28-19-12-15(5-8-18(19)29-21)22(30)27-9-1-2-17-13-25-10-11-26-17/h3-8,10-13H,1-2,9H2,(H,27,30). The van der Waals surface area contributed by atoms with Crippen LogP contribution in [0.3, 0.4) is 0 Å². The summed E-state index contributed by atoms with van der Waals surface area (Å²) in [4.78, 5) is 29.6. The third-order valence-corrected chi connectivity index (χ3v) is 4.78. The van der Waals surface area contributed by atoms with Crippen molar-refractivity contribution in [2.24, 2.45) is 0 Å². The summed E-state index contributed by atoms with van der Waals surface area (Å²) in [6.07, 6.45) is 6.48. The Labute approximate surface area is 177 Å². The van der Waals surface area contributed by atoms with E-state index in [1.807, 2.05) is 0 Å². The number of halogens is 2. The molecule has 2 heterocycles. The Morgan fingerprint density at radius 1 is 1.03 bits per heavy atom. The summed E-state index contributed by atoms with van der Waals surface area (Å²) >= 11 is 6.26. The van der Waals surface area contributed by atoms with Gasteiger partial charge in [-0.05, 0) is 55.3 Å². The van der Waals surface area contributed by atoms with Gasteiger partial charge in [0.1, 0.15) is 11.5 Å². The first-order valence-corrected chi connectivity index (χ1v) is 9.74. The maximum atomic E-state index is 13.2. The highest BCUT2D eigenvalue weighted by molar-refractivity contribution is 6.32. The van der Waals surface area contributed by atoms with Crippen LogP contribution in [0.2, 0.25) is 5.15 Å². The van der Waals surface area contributed by atoms with Gasteiger partial charge in [0.15, 0.2) is 5.15 Å². The van der Waals surface area contributed by atoms with E-state index in [1.165, 1.54) is 12.1 Å². The minimum absolute atomic E-state index is 0.198. The predicted molar refractivity (Wildman–Crippen MR) is 113 cm³/mol. The largest absolute Gasteiger partial charge is 0.352 e. The van der Waals surface area contributed by atoms with Gasteiger partial charge in [-0.15, -0.1) is 0 Å². The molecular formula is C22H17ClFN5O. The molecule has 4 aromatic rings. The van der Waals surface area contributed by atoms with Crippen molar-refractivity contribution in [3.63, 3.8) is 0 Å². The second kappa shape index (κ2) is 8.92. The van der Waals surface area contributed by atoms with Crippen molar-refractivity contribution in [2.45, 2.75) is 12.8 Å². The number of aromatic nitrogens is 4. The highest BCUT2D eigenvalue weighted by atomic mass is 35.5. The molecule has 1 N–H and O–H groups in total. The van der Waals surface area contributed by atoms with Gasteiger partial charge in [-0.3, -0.25) is 14.8 Å². The van der Waals surface area contributed by atoms with Crippen LogP contribution >= 0.6 is 11.6 Å². The third kappa shape index (κ3) is 4.58. The van der Waals surface area contributed by atoms with E-state index >= 15 is 0 Å². The molecule has 0 spiro atoms. The van der Waals surface area contributed by atoms with Gasteiger partial charge in [0.25, 0.3) is 5.91 Å². The van der Waals surface area contributed by atoms with Gasteiger partial charge in [-0.2, -0.15) is 0 Å². The molecule has 8 heteroatoms. The lowest BCUT2D eigenvalue weighted by Crippen LogP contribution is -2.24. The fourth-order valence-corrected chi connectivity index (χ4v) is 3.24. The molecule has 0 fully saturated rings. The molecule has 0 aliphatic carbocycles. The van der Waals surface area contributed by atoms with E-state index in [1.54, 1.807) is 48.9 Å². The Morgan fingerprint density at radius 2 is 1.87 bits per heavy atom. The van der Waals surface area contributed by atoms with Gasteiger partial charge in [-0.25, -0.2) is 14.4 Å². The van der Waals surface area contributed by atoms with E-state index in [-0.39, 0.29) is 16.9 Å². The van der Waals surface area contributed by atoms with Crippen LogP contribution in [0, 0.1) is 5.82 Å². The summed E-state index contributed by atoms with van der Waals surface area (Å²) in [7, 11) is 0. The van der Waals surface area contributed by atoms with E-state index < -0.39 is 0 Å². The maximum Gasteiger partial charge on any atom is 0.251 e. The predicted octanol–water partition coefficient (Wildman–Crippen LogP) is 4.24. The summed E-state index contributed by atoms with van der Waals surface area (Å²) in [5.74, 6) is -0.544. The number of nitrogens with one attached hydrogen (secondary N) is 1. The van der Waals surface area contributed by atoms with Crippen molar-refractivity contribution < 1.29 is 9.18 Å². The Morgan fingerprint density at radius 3 is 2.63 bits per heavy atom. The molecule has 0 saturated heterocycles. The van der Waals surface area contributed by atoms with E-state index in [0.717, 1.165) is 18.5 Å². The number of nitrogens with zero attached hydrogens (tertiary/aromatic N) is 4. The highest BCUT2D eigenvalue weighted by Gasteiger charge is 2.12. The van der Waals surface area contributed by atoms with Crippen LogP contribution in [0.5, 0.6) is 0 Å². The first kappa shape index (κ1) is 19.8. The Kier molecular flexibility index (Phi) is 5.90. The molecule has 0 bridgehead atoms. The lowest BCUT2D eigenvalue weighted by Gasteiger charge is -2.08. The van der Waals surface area contributed by atoms with Crippen LogP contribution in [0.1, 0.15) is 22.5 Å².